The number of amides is 3. The zero-order valence-electron chi connectivity index (χ0n) is 31.0. The van der Waals surface area contributed by atoms with E-state index in [1.54, 1.807) is 6.92 Å². The molecule has 280 valence electrons. The van der Waals surface area contributed by atoms with E-state index in [-0.39, 0.29) is 12.5 Å². The lowest BCUT2D eigenvalue weighted by Gasteiger charge is -2.21. The van der Waals surface area contributed by atoms with Gasteiger partial charge in [-0.2, -0.15) is 0 Å². The first-order valence-corrected chi connectivity index (χ1v) is 17.6. The SMILES string of the molecule is CC(N)CC=O.CCc1cc(OCCCCN)ccc1-c1ccc(C[C@H](NC=O)C(=O)NC(CCCc2cc(C)cc(C)c2)C(N)=O)cc1.CO. The molecule has 3 atom stereocenters. The second kappa shape index (κ2) is 25.4. The Balaban J connectivity index is 0.00000147. The lowest BCUT2D eigenvalue weighted by Crippen LogP contribution is -2.52. The van der Waals surface area contributed by atoms with Crippen LogP contribution in [-0.4, -0.2) is 68.0 Å². The summed E-state index contributed by atoms with van der Waals surface area (Å²) in [6.07, 6.45) is 6.67. The van der Waals surface area contributed by atoms with Gasteiger partial charge in [0, 0.05) is 26.0 Å². The van der Waals surface area contributed by atoms with Gasteiger partial charge >= 0.3 is 0 Å². The zero-order valence-corrected chi connectivity index (χ0v) is 31.0. The Bertz CT molecular complexity index is 1460. The Kier molecular flexibility index (Phi) is 22.1. The van der Waals surface area contributed by atoms with Crippen LogP contribution in [0, 0.1) is 13.8 Å². The maximum Gasteiger partial charge on any atom is 0.243 e. The number of primary amides is 1. The summed E-state index contributed by atoms with van der Waals surface area (Å²) in [5, 5.41) is 12.4. The number of hydrogen-bond acceptors (Lipinski definition) is 8. The van der Waals surface area contributed by atoms with Crippen molar-refractivity contribution in [2.45, 2.75) is 97.2 Å². The third-order valence-electron chi connectivity index (χ3n) is 7.98. The van der Waals surface area contributed by atoms with Crippen molar-refractivity contribution in [2.75, 3.05) is 20.3 Å². The molecule has 0 aliphatic rings. The van der Waals surface area contributed by atoms with Crippen LogP contribution in [0.1, 0.15) is 73.8 Å². The molecule has 3 aromatic rings. The van der Waals surface area contributed by atoms with Gasteiger partial charge in [-0.3, -0.25) is 14.4 Å². The Morgan fingerprint density at radius 3 is 2.10 bits per heavy atom. The molecule has 0 fully saturated rings. The molecule has 9 N–H and O–H groups in total. The number of aliphatic hydroxyl groups is 1. The van der Waals surface area contributed by atoms with E-state index in [4.69, 9.17) is 27.0 Å². The minimum atomic E-state index is -0.841. The Morgan fingerprint density at radius 2 is 1.57 bits per heavy atom. The molecule has 0 aromatic heterocycles. The predicted octanol–water partition coefficient (Wildman–Crippen LogP) is 3.83. The zero-order chi connectivity index (χ0) is 38.2. The lowest BCUT2D eigenvalue weighted by atomic mass is 9.95. The second-order valence-corrected chi connectivity index (χ2v) is 12.5. The molecule has 0 bridgehead atoms. The van der Waals surface area contributed by atoms with Gasteiger partial charge in [0.1, 0.15) is 24.1 Å². The third kappa shape index (κ3) is 17.3. The van der Waals surface area contributed by atoms with Gasteiger partial charge in [0.25, 0.3) is 0 Å². The fourth-order valence-corrected chi connectivity index (χ4v) is 5.47. The molecule has 0 saturated heterocycles. The maximum absolute atomic E-state index is 13.1. The van der Waals surface area contributed by atoms with E-state index in [2.05, 4.69) is 61.7 Å². The van der Waals surface area contributed by atoms with Crippen molar-refractivity contribution in [3.8, 4) is 16.9 Å². The summed E-state index contributed by atoms with van der Waals surface area (Å²) in [6.45, 7) is 9.33. The van der Waals surface area contributed by atoms with E-state index in [0.717, 1.165) is 61.5 Å². The van der Waals surface area contributed by atoms with E-state index in [9.17, 15) is 19.2 Å². The number of nitrogens with two attached hydrogens (primary N) is 3. The average Bonchev–Trinajstić information content (AvgIpc) is 3.10. The van der Waals surface area contributed by atoms with E-state index >= 15 is 0 Å². The summed E-state index contributed by atoms with van der Waals surface area (Å²) in [6, 6.07) is 18.8. The molecule has 0 heterocycles. The van der Waals surface area contributed by atoms with Gasteiger partial charge in [-0.1, -0.05) is 66.6 Å². The van der Waals surface area contributed by atoms with Crippen molar-refractivity contribution in [1.29, 1.82) is 0 Å². The van der Waals surface area contributed by atoms with Gasteiger partial charge in [-0.25, -0.2) is 0 Å². The Morgan fingerprint density at radius 1 is 0.902 bits per heavy atom. The van der Waals surface area contributed by atoms with E-state index in [1.807, 2.05) is 30.3 Å². The molecule has 11 nitrogen and oxygen atoms in total. The van der Waals surface area contributed by atoms with E-state index in [0.29, 0.717) is 38.8 Å². The predicted molar refractivity (Wildman–Crippen MR) is 204 cm³/mol. The number of rotatable bonds is 20. The van der Waals surface area contributed by atoms with Gasteiger partial charge in [0.05, 0.1) is 6.61 Å². The average molecular weight is 706 g/mol. The summed E-state index contributed by atoms with van der Waals surface area (Å²) in [5.74, 6) is -0.189. The standard InChI is InChI=1S/C35H46N4O4.C4H9NO.CH4O/c1-4-28-22-30(43-17-6-5-16-36)14-15-31(28)29-12-10-26(11-13-29)21-33(38-23-40)35(42)39-32(34(37)41)9-7-8-27-19-24(2)18-25(3)20-27;1-4(5)2-3-6;1-2/h10-15,18-20,22-23,32-33H,4-9,16-17,21,36H2,1-3H3,(H2,37,41)(H,38,40)(H,39,42);3-4H,2,5H2,1H3;2H,1H3/t32?,33-;;/m0../s1. The molecular formula is C40H59N5O6. The van der Waals surface area contributed by atoms with Crippen LogP contribution in [0.4, 0.5) is 0 Å². The normalized spacial score (nSPS) is 12.1. The highest BCUT2D eigenvalue weighted by Gasteiger charge is 2.24. The molecule has 0 spiro atoms. The highest BCUT2D eigenvalue weighted by Crippen LogP contribution is 2.28. The van der Waals surface area contributed by atoms with Crippen LogP contribution in [0.25, 0.3) is 11.1 Å². The number of ether oxygens (including phenoxy) is 1. The van der Waals surface area contributed by atoms with Crippen LogP contribution >= 0.6 is 0 Å². The van der Waals surface area contributed by atoms with Crippen molar-refractivity contribution in [1.82, 2.24) is 10.6 Å². The van der Waals surface area contributed by atoms with Crippen molar-refractivity contribution in [3.63, 3.8) is 0 Å². The first kappa shape index (κ1) is 44.4. The quantitative estimate of drug-likeness (QED) is 0.0752. The first-order valence-electron chi connectivity index (χ1n) is 17.6. The Labute approximate surface area is 303 Å². The van der Waals surface area contributed by atoms with Crippen LogP contribution in [0.5, 0.6) is 5.75 Å². The lowest BCUT2D eigenvalue weighted by molar-refractivity contribution is -0.129. The summed E-state index contributed by atoms with van der Waals surface area (Å²) in [5.41, 5.74) is 24.1. The molecule has 3 aromatic carbocycles. The van der Waals surface area contributed by atoms with Gasteiger partial charge in [-0.15, -0.1) is 0 Å². The Hall–Kier alpha value is -4.58. The number of carbonyl (C=O) groups excluding carboxylic acids is 4. The number of nitrogens with one attached hydrogen (secondary N) is 2. The monoisotopic (exact) mass is 705 g/mol. The van der Waals surface area contributed by atoms with Crippen LogP contribution in [0.2, 0.25) is 0 Å². The van der Waals surface area contributed by atoms with E-state index < -0.39 is 23.9 Å². The number of benzene rings is 3. The van der Waals surface area contributed by atoms with Crippen molar-refractivity contribution < 1.29 is 29.0 Å². The van der Waals surface area contributed by atoms with Crippen LogP contribution < -0.4 is 32.6 Å². The molecule has 3 rings (SSSR count). The molecule has 51 heavy (non-hydrogen) atoms. The number of unbranched alkanes of at least 4 members (excludes halogenated alkanes) is 1. The molecule has 3 amide bonds. The number of hydrogen-bond donors (Lipinski definition) is 6. The smallest absolute Gasteiger partial charge is 0.243 e. The van der Waals surface area contributed by atoms with Crippen molar-refractivity contribution in [3.05, 3.63) is 88.5 Å². The molecular weight excluding hydrogens is 646 g/mol. The summed E-state index contributed by atoms with van der Waals surface area (Å²) in [4.78, 5) is 46.2. The summed E-state index contributed by atoms with van der Waals surface area (Å²) < 4.78 is 5.88. The summed E-state index contributed by atoms with van der Waals surface area (Å²) in [7, 11) is 1.00. The number of aliphatic hydroxyl groups excluding tert-OH is 1. The van der Waals surface area contributed by atoms with Crippen LogP contribution in [0.15, 0.2) is 60.7 Å². The number of aldehydes is 1. The van der Waals surface area contributed by atoms with Crippen molar-refractivity contribution in [2.24, 2.45) is 17.2 Å². The van der Waals surface area contributed by atoms with Gasteiger partial charge in [-0.05, 0) is 106 Å². The van der Waals surface area contributed by atoms with Crippen LogP contribution in [0.3, 0.4) is 0 Å². The van der Waals surface area contributed by atoms with Crippen LogP contribution in [-0.2, 0) is 38.4 Å². The topological polar surface area (TPSA) is 200 Å². The third-order valence-corrected chi connectivity index (χ3v) is 7.98. The maximum atomic E-state index is 13.1. The molecule has 0 saturated carbocycles. The van der Waals surface area contributed by atoms with E-state index in [1.165, 1.54) is 22.3 Å². The fourth-order valence-electron chi connectivity index (χ4n) is 5.47. The molecule has 11 heteroatoms. The van der Waals surface area contributed by atoms with Gasteiger partial charge < -0.3 is 42.5 Å². The second-order valence-electron chi connectivity index (χ2n) is 12.5. The fraction of sp³-hybridized carbons (Fsp3) is 0.450. The number of carbonyl (C=O) groups is 4. The largest absolute Gasteiger partial charge is 0.494 e. The molecule has 0 radical (unpaired) electrons. The van der Waals surface area contributed by atoms with Crippen molar-refractivity contribution >= 4 is 24.5 Å². The van der Waals surface area contributed by atoms with Gasteiger partial charge in [0.15, 0.2) is 0 Å². The molecule has 2 unspecified atom stereocenters. The molecule has 0 aliphatic heterocycles. The highest BCUT2D eigenvalue weighted by molar-refractivity contribution is 5.90. The first-order chi connectivity index (χ1) is 24.5. The number of aryl methyl sites for hydroxylation is 4. The summed E-state index contributed by atoms with van der Waals surface area (Å²) >= 11 is 0. The minimum absolute atomic E-state index is 0.0301. The minimum Gasteiger partial charge on any atom is -0.494 e. The highest BCUT2D eigenvalue weighted by atomic mass is 16.5. The molecule has 0 aliphatic carbocycles. The van der Waals surface area contributed by atoms with Gasteiger partial charge in [0.2, 0.25) is 18.2 Å².